The highest BCUT2D eigenvalue weighted by atomic mass is 16.3. The van der Waals surface area contributed by atoms with E-state index in [9.17, 15) is 5.11 Å². The van der Waals surface area contributed by atoms with Crippen LogP contribution in [0, 0.1) is 0 Å². The molecule has 1 aliphatic rings. The summed E-state index contributed by atoms with van der Waals surface area (Å²) in [5, 5.41) is 12.4. The third-order valence-corrected chi connectivity index (χ3v) is 1.75. The molecule has 0 amide bonds. The molecule has 1 heterocycles. The number of nitrogens with one attached hydrogen (secondary N) is 1. The van der Waals surface area contributed by atoms with Crippen molar-refractivity contribution in [2.24, 2.45) is 0 Å². The first-order valence-corrected chi connectivity index (χ1v) is 3.38. The molecule has 2 N–H and O–H groups in total. The maximum atomic E-state index is 9.18. The minimum absolute atomic E-state index is 0.266. The van der Waals surface area contributed by atoms with Crippen molar-refractivity contribution in [3.8, 4) is 0 Å². The standard InChI is InChI=1S/C7H13NO/c1-2-7(9)6-4-3-5-8-6/h2,6-9H,1,3-5H2/t6-,7+/m0/s1. The van der Waals surface area contributed by atoms with Crippen LogP contribution in [0.15, 0.2) is 12.7 Å². The molecule has 2 nitrogen and oxygen atoms in total. The van der Waals surface area contributed by atoms with Crippen molar-refractivity contribution < 1.29 is 5.11 Å². The Morgan fingerprint density at radius 3 is 3.00 bits per heavy atom. The van der Waals surface area contributed by atoms with Gasteiger partial charge in [0.05, 0.1) is 6.10 Å². The second kappa shape index (κ2) is 2.99. The molecule has 9 heavy (non-hydrogen) atoms. The summed E-state index contributed by atoms with van der Waals surface area (Å²) in [4.78, 5) is 0. The second-order valence-corrected chi connectivity index (χ2v) is 2.43. The molecular formula is C7H13NO. The lowest BCUT2D eigenvalue weighted by molar-refractivity contribution is 0.182. The summed E-state index contributed by atoms with van der Waals surface area (Å²) < 4.78 is 0. The van der Waals surface area contributed by atoms with Gasteiger partial charge >= 0.3 is 0 Å². The molecule has 0 spiro atoms. The first kappa shape index (κ1) is 6.78. The molecule has 0 bridgehead atoms. The number of hydrogen-bond acceptors (Lipinski definition) is 2. The van der Waals surface area contributed by atoms with Gasteiger partial charge in [0, 0.05) is 6.04 Å². The van der Waals surface area contributed by atoms with Gasteiger partial charge in [0.15, 0.2) is 0 Å². The molecule has 2 atom stereocenters. The van der Waals surface area contributed by atoms with Crippen LogP contribution in [0.5, 0.6) is 0 Å². The SMILES string of the molecule is C=C[C@@H](O)[C@@H]1CCCN1. The third kappa shape index (κ3) is 1.53. The fourth-order valence-corrected chi connectivity index (χ4v) is 1.17. The van der Waals surface area contributed by atoms with Crippen LogP contribution < -0.4 is 5.32 Å². The van der Waals surface area contributed by atoms with Gasteiger partial charge in [-0.05, 0) is 19.4 Å². The van der Waals surface area contributed by atoms with Gasteiger partial charge in [0.2, 0.25) is 0 Å². The Morgan fingerprint density at radius 2 is 2.56 bits per heavy atom. The van der Waals surface area contributed by atoms with Crippen LogP contribution >= 0.6 is 0 Å². The van der Waals surface area contributed by atoms with Crippen LogP contribution in [-0.4, -0.2) is 23.8 Å². The fourth-order valence-electron chi connectivity index (χ4n) is 1.17. The molecule has 1 aliphatic heterocycles. The van der Waals surface area contributed by atoms with Crippen LogP contribution in [0.3, 0.4) is 0 Å². The first-order chi connectivity index (χ1) is 4.34. The lowest BCUT2D eigenvalue weighted by atomic mass is 10.1. The topological polar surface area (TPSA) is 32.3 Å². The molecular weight excluding hydrogens is 114 g/mol. The maximum absolute atomic E-state index is 9.18. The first-order valence-electron chi connectivity index (χ1n) is 3.38. The van der Waals surface area contributed by atoms with Gasteiger partial charge in [-0.3, -0.25) is 0 Å². The fraction of sp³-hybridized carbons (Fsp3) is 0.714. The molecule has 0 aromatic heterocycles. The Morgan fingerprint density at radius 1 is 1.78 bits per heavy atom. The smallest absolute Gasteiger partial charge is 0.0871 e. The quantitative estimate of drug-likeness (QED) is 0.522. The van der Waals surface area contributed by atoms with E-state index in [1.54, 1.807) is 6.08 Å². The minimum Gasteiger partial charge on any atom is -0.387 e. The highest BCUT2D eigenvalue weighted by Crippen LogP contribution is 2.08. The average Bonchev–Trinajstić information content (AvgIpc) is 2.37. The van der Waals surface area contributed by atoms with Gasteiger partial charge in [0.1, 0.15) is 0 Å². The molecule has 1 saturated heterocycles. The Bertz CT molecular complexity index is 97.1. The maximum Gasteiger partial charge on any atom is 0.0871 e. The van der Waals surface area contributed by atoms with E-state index in [4.69, 9.17) is 0 Å². The zero-order valence-electron chi connectivity index (χ0n) is 5.51. The molecule has 1 fully saturated rings. The lowest BCUT2D eigenvalue weighted by Crippen LogP contribution is -2.32. The molecule has 0 radical (unpaired) electrons. The summed E-state index contributed by atoms with van der Waals surface area (Å²) in [7, 11) is 0. The van der Waals surface area contributed by atoms with Crippen LogP contribution in [0.1, 0.15) is 12.8 Å². The summed E-state index contributed by atoms with van der Waals surface area (Å²) in [5.74, 6) is 0. The molecule has 0 aromatic rings. The predicted molar refractivity (Wildman–Crippen MR) is 37.2 cm³/mol. The van der Waals surface area contributed by atoms with Crippen LogP contribution in [-0.2, 0) is 0 Å². The summed E-state index contributed by atoms with van der Waals surface area (Å²) in [6.07, 6.45) is 3.48. The highest BCUT2D eigenvalue weighted by Gasteiger charge is 2.19. The van der Waals surface area contributed by atoms with Gasteiger partial charge in [-0.1, -0.05) is 6.08 Å². The molecule has 0 aliphatic carbocycles. The highest BCUT2D eigenvalue weighted by molar-refractivity contribution is 4.91. The Balaban J connectivity index is 2.32. The van der Waals surface area contributed by atoms with E-state index >= 15 is 0 Å². The minimum atomic E-state index is -0.354. The Kier molecular flexibility index (Phi) is 2.25. The second-order valence-electron chi connectivity index (χ2n) is 2.43. The van der Waals surface area contributed by atoms with Gasteiger partial charge in [-0.15, -0.1) is 6.58 Å². The average molecular weight is 127 g/mol. The van der Waals surface area contributed by atoms with Gasteiger partial charge < -0.3 is 10.4 Å². The van der Waals surface area contributed by atoms with Gasteiger partial charge in [0.25, 0.3) is 0 Å². The zero-order chi connectivity index (χ0) is 6.69. The summed E-state index contributed by atoms with van der Waals surface area (Å²) in [6, 6.07) is 0.266. The van der Waals surface area contributed by atoms with E-state index in [-0.39, 0.29) is 12.1 Å². The molecule has 0 unspecified atom stereocenters. The number of hydrogen-bond donors (Lipinski definition) is 2. The van der Waals surface area contributed by atoms with Gasteiger partial charge in [-0.25, -0.2) is 0 Å². The largest absolute Gasteiger partial charge is 0.387 e. The monoisotopic (exact) mass is 127 g/mol. The molecule has 0 saturated carbocycles. The molecule has 1 rings (SSSR count). The number of aliphatic hydroxyl groups is 1. The third-order valence-electron chi connectivity index (χ3n) is 1.75. The van der Waals surface area contributed by atoms with E-state index in [0.717, 1.165) is 13.0 Å². The molecule has 0 aromatic carbocycles. The Hall–Kier alpha value is -0.340. The zero-order valence-corrected chi connectivity index (χ0v) is 5.51. The molecule has 52 valence electrons. The summed E-state index contributed by atoms with van der Waals surface area (Å²) in [6.45, 7) is 4.55. The Labute approximate surface area is 55.6 Å². The number of aliphatic hydroxyl groups excluding tert-OH is 1. The van der Waals surface area contributed by atoms with Crippen LogP contribution in [0.2, 0.25) is 0 Å². The van der Waals surface area contributed by atoms with E-state index in [1.165, 1.54) is 6.42 Å². The van der Waals surface area contributed by atoms with E-state index in [2.05, 4.69) is 11.9 Å². The van der Waals surface area contributed by atoms with E-state index in [0.29, 0.717) is 0 Å². The lowest BCUT2D eigenvalue weighted by Gasteiger charge is -2.12. The van der Waals surface area contributed by atoms with Crippen LogP contribution in [0.25, 0.3) is 0 Å². The number of rotatable bonds is 2. The molecule has 2 heteroatoms. The van der Waals surface area contributed by atoms with Crippen molar-refractivity contribution in [3.63, 3.8) is 0 Å². The summed E-state index contributed by atoms with van der Waals surface area (Å²) >= 11 is 0. The van der Waals surface area contributed by atoms with Crippen LogP contribution in [0.4, 0.5) is 0 Å². The van der Waals surface area contributed by atoms with E-state index < -0.39 is 0 Å². The van der Waals surface area contributed by atoms with Crippen molar-refractivity contribution in [1.29, 1.82) is 0 Å². The van der Waals surface area contributed by atoms with Crippen molar-refractivity contribution in [2.75, 3.05) is 6.54 Å². The summed E-state index contributed by atoms with van der Waals surface area (Å²) in [5.41, 5.74) is 0. The normalized spacial score (nSPS) is 30.1. The van der Waals surface area contributed by atoms with Crippen molar-refractivity contribution >= 4 is 0 Å². The van der Waals surface area contributed by atoms with Crippen molar-refractivity contribution in [3.05, 3.63) is 12.7 Å². The van der Waals surface area contributed by atoms with Crippen molar-refractivity contribution in [2.45, 2.75) is 25.0 Å². The van der Waals surface area contributed by atoms with E-state index in [1.807, 2.05) is 0 Å². The van der Waals surface area contributed by atoms with Crippen molar-refractivity contribution in [1.82, 2.24) is 5.32 Å². The predicted octanol–water partition coefficient (Wildman–Crippen LogP) is 0.285. The van der Waals surface area contributed by atoms with Gasteiger partial charge in [-0.2, -0.15) is 0 Å².